The Morgan fingerprint density at radius 3 is 2.67 bits per heavy atom. The van der Waals surface area contributed by atoms with Gasteiger partial charge < -0.3 is 15.2 Å². The first-order valence-electron chi connectivity index (χ1n) is 6.40. The molecule has 4 heteroatoms. The van der Waals surface area contributed by atoms with Crippen molar-refractivity contribution >= 4 is 15.9 Å². The van der Waals surface area contributed by atoms with Crippen molar-refractivity contribution in [3.05, 3.63) is 28.2 Å². The molecule has 2 N–H and O–H groups in total. The lowest BCUT2D eigenvalue weighted by Crippen LogP contribution is -2.08. The minimum absolute atomic E-state index is 0.0349. The first-order valence-corrected chi connectivity index (χ1v) is 7.20. The number of halogens is 1. The summed E-state index contributed by atoms with van der Waals surface area (Å²) in [4.78, 5) is 0. The van der Waals surface area contributed by atoms with Crippen molar-refractivity contribution < 1.29 is 9.47 Å². The van der Waals surface area contributed by atoms with Crippen LogP contribution in [0.25, 0.3) is 0 Å². The second kappa shape index (κ2) is 8.51. The Hall–Kier alpha value is -0.580. The Morgan fingerprint density at radius 1 is 1.28 bits per heavy atom. The van der Waals surface area contributed by atoms with Crippen molar-refractivity contribution in [2.24, 2.45) is 5.73 Å². The molecule has 0 aromatic heterocycles. The molecule has 0 fully saturated rings. The molecule has 1 aromatic carbocycles. The maximum absolute atomic E-state index is 5.82. The minimum atomic E-state index is 0.0349. The SMILES string of the molecule is CCCCOCCOc1ccc([C@H](C)N)cc1Br. The van der Waals surface area contributed by atoms with E-state index in [2.05, 4.69) is 22.9 Å². The van der Waals surface area contributed by atoms with Gasteiger partial charge in [-0.3, -0.25) is 0 Å². The number of rotatable bonds is 8. The number of benzene rings is 1. The third-order valence-corrected chi connectivity index (χ3v) is 3.23. The highest BCUT2D eigenvalue weighted by atomic mass is 79.9. The molecule has 0 saturated heterocycles. The number of ether oxygens (including phenoxy) is 2. The standard InChI is InChI=1S/C14H22BrNO2/c1-3-4-7-17-8-9-18-14-6-5-12(11(2)16)10-13(14)15/h5-6,10-11H,3-4,7-9,16H2,1-2H3/t11-/m0/s1. The van der Waals surface area contributed by atoms with E-state index in [1.807, 2.05) is 25.1 Å². The van der Waals surface area contributed by atoms with Crippen molar-refractivity contribution in [3.63, 3.8) is 0 Å². The Balaban J connectivity index is 2.34. The predicted octanol–water partition coefficient (Wildman–Crippen LogP) is 3.66. The van der Waals surface area contributed by atoms with Crippen LogP contribution in [0.1, 0.15) is 38.3 Å². The Labute approximate surface area is 118 Å². The van der Waals surface area contributed by atoms with E-state index in [9.17, 15) is 0 Å². The van der Waals surface area contributed by atoms with E-state index in [1.54, 1.807) is 0 Å². The van der Waals surface area contributed by atoms with Gasteiger partial charge in [-0.05, 0) is 47.0 Å². The van der Waals surface area contributed by atoms with E-state index in [-0.39, 0.29) is 6.04 Å². The molecular weight excluding hydrogens is 294 g/mol. The Kier molecular flexibility index (Phi) is 7.32. The molecule has 0 unspecified atom stereocenters. The van der Waals surface area contributed by atoms with E-state index in [4.69, 9.17) is 15.2 Å². The summed E-state index contributed by atoms with van der Waals surface area (Å²) in [5, 5.41) is 0. The van der Waals surface area contributed by atoms with Crippen LogP contribution < -0.4 is 10.5 Å². The maximum atomic E-state index is 5.82. The topological polar surface area (TPSA) is 44.5 Å². The third kappa shape index (κ3) is 5.38. The summed E-state index contributed by atoms with van der Waals surface area (Å²) in [5.41, 5.74) is 6.91. The molecule has 0 spiro atoms. The molecule has 0 aliphatic heterocycles. The van der Waals surface area contributed by atoms with Gasteiger partial charge >= 0.3 is 0 Å². The van der Waals surface area contributed by atoms with Gasteiger partial charge in [-0.1, -0.05) is 19.4 Å². The highest BCUT2D eigenvalue weighted by molar-refractivity contribution is 9.10. The summed E-state index contributed by atoms with van der Waals surface area (Å²) in [7, 11) is 0. The van der Waals surface area contributed by atoms with Crippen LogP contribution in [0.4, 0.5) is 0 Å². The second-order valence-corrected chi connectivity index (χ2v) is 5.15. The van der Waals surface area contributed by atoms with Gasteiger partial charge in [0.2, 0.25) is 0 Å². The van der Waals surface area contributed by atoms with Crippen LogP contribution in [0.5, 0.6) is 5.75 Å². The zero-order valence-electron chi connectivity index (χ0n) is 11.1. The third-order valence-electron chi connectivity index (χ3n) is 2.61. The fraction of sp³-hybridized carbons (Fsp3) is 0.571. The molecule has 1 aromatic rings. The summed E-state index contributed by atoms with van der Waals surface area (Å²) in [5.74, 6) is 0.832. The van der Waals surface area contributed by atoms with Gasteiger partial charge in [-0.2, -0.15) is 0 Å². The largest absolute Gasteiger partial charge is 0.490 e. The molecule has 0 amide bonds. The summed E-state index contributed by atoms with van der Waals surface area (Å²) in [6.45, 7) is 6.12. The van der Waals surface area contributed by atoms with Gasteiger partial charge in [0.15, 0.2) is 0 Å². The normalized spacial score (nSPS) is 12.4. The van der Waals surface area contributed by atoms with Crippen LogP contribution in [0.2, 0.25) is 0 Å². The molecule has 0 heterocycles. The zero-order chi connectivity index (χ0) is 13.4. The summed E-state index contributed by atoms with van der Waals surface area (Å²) < 4.78 is 12.0. The van der Waals surface area contributed by atoms with E-state index in [0.717, 1.165) is 35.2 Å². The Bertz CT molecular complexity index is 356. The highest BCUT2D eigenvalue weighted by Crippen LogP contribution is 2.27. The van der Waals surface area contributed by atoms with Crippen LogP contribution in [-0.2, 0) is 4.74 Å². The van der Waals surface area contributed by atoms with Gasteiger partial charge in [0.05, 0.1) is 11.1 Å². The molecule has 102 valence electrons. The number of unbranched alkanes of at least 4 members (excludes halogenated alkanes) is 1. The molecule has 0 aliphatic carbocycles. The first kappa shape index (κ1) is 15.5. The van der Waals surface area contributed by atoms with Crippen LogP contribution in [0, 0.1) is 0 Å². The average Bonchev–Trinajstić information content (AvgIpc) is 2.35. The summed E-state index contributed by atoms with van der Waals surface area (Å²) in [6.07, 6.45) is 2.26. The smallest absolute Gasteiger partial charge is 0.133 e. The molecule has 0 saturated carbocycles. The maximum Gasteiger partial charge on any atom is 0.133 e. The van der Waals surface area contributed by atoms with E-state index < -0.39 is 0 Å². The quantitative estimate of drug-likeness (QED) is 0.744. The van der Waals surface area contributed by atoms with Gasteiger partial charge in [-0.15, -0.1) is 0 Å². The van der Waals surface area contributed by atoms with Gasteiger partial charge in [0, 0.05) is 12.6 Å². The van der Waals surface area contributed by atoms with Crippen LogP contribution in [0.3, 0.4) is 0 Å². The van der Waals surface area contributed by atoms with Crippen molar-refractivity contribution in [2.45, 2.75) is 32.7 Å². The Morgan fingerprint density at radius 2 is 2.06 bits per heavy atom. The summed E-state index contributed by atoms with van der Waals surface area (Å²) >= 11 is 3.49. The predicted molar refractivity (Wildman–Crippen MR) is 78.0 cm³/mol. The van der Waals surface area contributed by atoms with Crippen molar-refractivity contribution in [1.29, 1.82) is 0 Å². The number of hydrogen-bond donors (Lipinski definition) is 1. The van der Waals surface area contributed by atoms with Crippen molar-refractivity contribution in [2.75, 3.05) is 19.8 Å². The summed E-state index contributed by atoms with van der Waals surface area (Å²) in [6, 6.07) is 5.96. The van der Waals surface area contributed by atoms with Crippen LogP contribution in [0.15, 0.2) is 22.7 Å². The highest BCUT2D eigenvalue weighted by Gasteiger charge is 2.05. The van der Waals surface area contributed by atoms with Crippen LogP contribution >= 0.6 is 15.9 Å². The minimum Gasteiger partial charge on any atom is -0.490 e. The monoisotopic (exact) mass is 315 g/mol. The van der Waals surface area contributed by atoms with Gasteiger partial charge in [0.1, 0.15) is 12.4 Å². The van der Waals surface area contributed by atoms with Crippen molar-refractivity contribution in [1.82, 2.24) is 0 Å². The molecule has 0 aliphatic rings. The zero-order valence-corrected chi connectivity index (χ0v) is 12.7. The molecular formula is C14H22BrNO2. The van der Waals surface area contributed by atoms with Crippen molar-refractivity contribution in [3.8, 4) is 5.75 Å². The lowest BCUT2D eigenvalue weighted by Gasteiger charge is -2.11. The molecule has 18 heavy (non-hydrogen) atoms. The van der Waals surface area contributed by atoms with Gasteiger partial charge in [-0.25, -0.2) is 0 Å². The number of nitrogens with two attached hydrogens (primary N) is 1. The van der Waals surface area contributed by atoms with Crippen LogP contribution in [-0.4, -0.2) is 19.8 Å². The van der Waals surface area contributed by atoms with E-state index in [1.165, 1.54) is 0 Å². The first-order chi connectivity index (χ1) is 8.65. The molecule has 1 atom stereocenters. The average molecular weight is 316 g/mol. The number of hydrogen-bond acceptors (Lipinski definition) is 3. The molecule has 3 nitrogen and oxygen atoms in total. The van der Waals surface area contributed by atoms with E-state index >= 15 is 0 Å². The fourth-order valence-corrected chi connectivity index (χ4v) is 1.99. The fourth-order valence-electron chi connectivity index (χ4n) is 1.48. The van der Waals surface area contributed by atoms with E-state index in [0.29, 0.717) is 13.2 Å². The molecule has 1 rings (SSSR count). The molecule has 0 radical (unpaired) electrons. The van der Waals surface area contributed by atoms with Gasteiger partial charge in [0.25, 0.3) is 0 Å². The molecule has 0 bridgehead atoms. The lowest BCUT2D eigenvalue weighted by atomic mass is 10.1. The second-order valence-electron chi connectivity index (χ2n) is 4.29. The lowest BCUT2D eigenvalue weighted by molar-refractivity contribution is 0.0978.